The molecule has 0 saturated heterocycles. The summed E-state index contributed by atoms with van der Waals surface area (Å²) in [6, 6.07) is 9.18. The minimum atomic E-state index is -0.361. The fraction of sp³-hybridized carbons (Fsp3) is 0.333. The van der Waals surface area contributed by atoms with E-state index >= 15 is 0 Å². The van der Waals surface area contributed by atoms with E-state index in [1.807, 2.05) is 31.2 Å². The molecule has 0 N–H and O–H groups in total. The molecule has 6 nitrogen and oxygen atoms in total. The quantitative estimate of drug-likeness (QED) is 0.784. The molecule has 2 rings (SSSR count). The Bertz CT molecular complexity index is 883. The minimum absolute atomic E-state index is 0.284. The summed E-state index contributed by atoms with van der Waals surface area (Å²) >= 11 is 0. The van der Waals surface area contributed by atoms with E-state index in [4.69, 9.17) is 4.74 Å². The average Bonchev–Trinajstić information content (AvgIpc) is 2.57. The van der Waals surface area contributed by atoms with Gasteiger partial charge >= 0.3 is 5.69 Å². The van der Waals surface area contributed by atoms with Gasteiger partial charge < -0.3 is 9.64 Å². The van der Waals surface area contributed by atoms with Crippen LogP contribution in [0, 0.1) is 18.8 Å². The molecule has 6 heteroatoms. The number of rotatable bonds is 4. The van der Waals surface area contributed by atoms with Crippen molar-refractivity contribution in [3.63, 3.8) is 0 Å². The zero-order chi connectivity index (χ0) is 17.7. The summed E-state index contributed by atoms with van der Waals surface area (Å²) < 4.78 is 8.02. The van der Waals surface area contributed by atoms with Gasteiger partial charge in [0, 0.05) is 27.2 Å². The molecule has 0 aliphatic heterocycles. The molecule has 1 heterocycles. The third-order valence-electron chi connectivity index (χ3n) is 3.66. The molecule has 126 valence electrons. The molecule has 0 amide bonds. The van der Waals surface area contributed by atoms with Gasteiger partial charge in [0.25, 0.3) is 5.56 Å². The van der Waals surface area contributed by atoms with Crippen molar-refractivity contribution in [1.82, 2.24) is 9.13 Å². The van der Waals surface area contributed by atoms with E-state index in [1.54, 1.807) is 19.0 Å². The first-order valence-electron chi connectivity index (χ1n) is 7.53. The fourth-order valence-electron chi connectivity index (χ4n) is 2.15. The summed E-state index contributed by atoms with van der Waals surface area (Å²) in [5, 5.41) is 0. The van der Waals surface area contributed by atoms with Crippen LogP contribution in [0.2, 0.25) is 0 Å². The van der Waals surface area contributed by atoms with Crippen LogP contribution in [0.3, 0.4) is 0 Å². The van der Waals surface area contributed by atoms with E-state index in [9.17, 15) is 9.59 Å². The number of nitrogens with zero attached hydrogens (tertiary/aromatic N) is 3. The maximum Gasteiger partial charge on any atom is 0.332 e. The summed E-state index contributed by atoms with van der Waals surface area (Å²) in [5.41, 5.74) is 0.477. The number of anilines is 1. The molecule has 0 aliphatic rings. The van der Waals surface area contributed by atoms with Crippen molar-refractivity contribution in [1.29, 1.82) is 0 Å². The molecular formula is C18H21N3O3. The summed E-state index contributed by atoms with van der Waals surface area (Å²) in [7, 11) is 4.86. The molecule has 1 aromatic carbocycles. The first kappa shape index (κ1) is 17.4. The fourth-order valence-corrected chi connectivity index (χ4v) is 2.15. The molecule has 0 radical (unpaired) electrons. The molecule has 0 fully saturated rings. The Morgan fingerprint density at radius 2 is 1.75 bits per heavy atom. The van der Waals surface area contributed by atoms with Gasteiger partial charge in [-0.3, -0.25) is 13.9 Å². The molecule has 24 heavy (non-hydrogen) atoms. The summed E-state index contributed by atoms with van der Waals surface area (Å²) in [6.07, 6.45) is 0. The van der Waals surface area contributed by atoms with Gasteiger partial charge in [-0.25, -0.2) is 4.79 Å². The first-order valence-corrected chi connectivity index (χ1v) is 7.53. The lowest BCUT2D eigenvalue weighted by molar-refractivity contribution is 0.370. The van der Waals surface area contributed by atoms with Gasteiger partial charge in [-0.15, -0.1) is 0 Å². The predicted molar refractivity (Wildman–Crippen MR) is 94.6 cm³/mol. The van der Waals surface area contributed by atoms with E-state index in [1.165, 1.54) is 23.2 Å². The zero-order valence-electron chi connectivity index (χ0n) is 14.4. The van der Waals surface area contributed by atoms with Crippen molar-refractivity contribution in [2.45, 2.75) is 6.92 Å². The van der Waals surface area contributed by atoms with Crippen molar-refractivity contribution < 1.29 is 4.74 Å². The highest BCUT2D eigenvalue weighted by molar-refractivity contribution is 5.39. The van der Waals surface area contributed by atoms with Crippen LogP contribution in [0.1, 0.15) is 5.56 Å². The summed E-state index contributed by atoms with van der Waals surface area (Å²) in [6.45, 7) is 2.69. The Morgan fingerprint density at radius 1 is 1.08 bits per heavy atom. The van der Waals surface area contributed by atoms with Crippen molar-refractivity contribution in [2.75, 3.05) is 25.1 Å². The smallest absolute Gasteiger partial charge is 0.332 e. The highest BCUT2D eigenvalue weighted by Gasteiger charge is 2.08. The normalized spacial score (nSPS) is 10.0. The molecule has 1 aromatic heterocycles. The second-order valence-electron chi connectivity index (χ2n) is 5.55. The second-order valence-corrected chi connectivity index (χ2v) is 5.55. The lowest BCUT2D eigenvalue weighted by Crippen LogP contribution is -2.39. The van der Waals surface area contributed by atoms with Crippen LogP contribution in [0.25, 0.3) is 0 Å². The van der Waals surface area contributed by atoms with Crippen molar-refractivity contribution in [3.05, 3.63) is 56.7 Å². The molecule has 0 bridgehead atoms. The van der Waals surface area contributed by atoms with Crippen molar-refractivity contribution >= 4 is 5.82 Å². The first-order chi connectivity index (χ1) is 11.4. The Labute approximate surface area is 140 Å². The predicted octanol–water partition coefficient (Wildman–Crippen LogP) is 0.911. The third kappa shape index (κ3) is 4.07. The van der Waals surface area contributed by atoms with Crippen LogP contribution in [0.5, 0.6) is 5.75 Å². The number of ether oxygens (including phenoxy) is 1. The standard InChI is InChI=1S/C18H21N3O3/c1-14-7-9-15(10-8-14)24-12-6-5-11-19(2)16-13-17(22)21(4)18(23)20(16)3/h7-10,13H,11-12H2,1-4H3. The van der Waals surface area contributed by atoms with Gasteiger partial charge in [-0.2, -0.15) is 0 Å². The number of aryl methyl sites for hydroxylation is 1. The topological polar surface area (TPSA) is 56.5 Å². The average molecular weight is 327 g/mol. The third-order valence-corrected chi connectivity index (χ3v) is 3.66. The highest BCUT2D eigenvalue weighted by Crippen LogP contribution is 2.10. The number of hydrogen-bond acceptors (Lipinski definition) is 4. The molecule has 0 unspecified atom stereocenters. The van der Waals surface area contributed by atoms with E-state index < -0.39 is 0 Å². The SMILES string of the molecule is Cc1ccc(OCC#CCN(C)c2cc(=O)n(C)c(=O)n2C)cc1. The Morgan fingerprint density at radius 3 is 2.42 bits per heavy atom. The zero-order valence-corrected chi connectivity index (χ0v) is 14.4. The summed E-state index contributed by atoms with van der Waals surface area (Å²) in [4.78, 5) is 25.4. The maximum atomic E-state index is 11.9. The molecular weight excluding hydrogens is 306 g/mol. The van der Waals surface area contributed by atoms with E-state index in [2.05, 4.69) is 11.8 Å². The Balaban J connectivity index is 1.97. The molecule has 0 aliphatic carbocycles. The van der Waals surface area contributed by atoms with Crippen LogP contribution in [-0.2, 0) is 14.1 Å². The minimum Gasteiger partial charge on any atom is -0.481 e. The van der Waals surface area contributed by atoms with E-state index in [0.717, 1.165) is 10.3 Å². The molecule has 0 atom stereocenters. The van der Waals surface area contributed by atoms with Gasteiger partial charge in [0.05, 0.1) is 6.54 Å². The number of hydrogen-bond donors (Lipinski definition) is 0. The van der Waals surface area contributed by atoms with Crippen LogP contribution in [0.15, 0.2) is 39.9 Å². The van der Waals surface area contributed by atoms with Crippen LogP contribution >= 0.6 is 0 Å². The van der Waals surface area contributed by atoms with Crippen molar-refractivity contribution in [2.24, 2.45) is 14.1 Å². The largest absolute Gasteiger partial charge is 0.481 e. The van der Waals surface area contributed by atoms with Crippen LogP contribution in [0.4, 0.5) is 5.82 Å². The van der Waals surface area contributed by atoms with Gasteiger partial charge in [-0.05, 0) is 19.1 Å². The molecule has 2 aromatic rings. The van der Waals surface area contributed by atoms with Crippen LogP contribution < -0.4 is 20.9 Å². The lowest BCUT2D eigenvalue weighted by Gasteiger charge is -2.19. The van der Waals surface area contributed by atoms with Gasteiger partial charge in [0.2, 0.25) is 0 Å². The maximum absolute atomic E-state index is 11.9. The monoisotopic (exact) mass is 327 g/mol. The Hall–Kier alpha value is -2.94. The van der Waals surface area contributed by atoms with Gasteiger partial charge in [-0.1, -0.05) is 29.5 Å². The van der Waals surface area contributed by atoms with E-state index in [0.29, 0.717) is 12.4 Å². The number of aromatic nitrogens is 2. The van der Waals surface area contributed by atoms with Gasteiger partial charge in [0.15, 0.2) is 0 Å². The second kappa shape index (κ2) is 7.55. The summed E-state index contributed by atoms with van der Waals surface area (Å²) in [5.74, 6) is 7.20. The van der Waals surface area contributed by atoms with Crippen LogP contribution in [-0.4, -0.2) is 29.3 Å². The number of benzene rings is 1. The van der Waals surface area contributed by atoms with E-state index in [-0.39, 0.29) is 17.9 Å². The van der Waals surface area contributed by atoms with Crippen molar-refractivity contribution in [3.8, 4) is 17.6 Å². The lowest BCUT2D eigenvalue weighted by atomic mass is 10.2. The van der Waals surface area contributed by atoms with Gasteiger partial charge in [0.1, 0.15) is 18.2 Å². The Kier molecular flexibility index (Phi) is 5.48. The molecule has 0 spiro atoms. The highest BCUT2D eigenvalue weighted by atomic mass is 16.5. The molecule has 0 saturated carbocycles.